The molecular weight excluding hydrogens is 345 g/mol. The zero-order chi connectivity index (χ0) is 18.2. The second-order valence-electron chi connectivity index (χ2n) is 7.26. The molecule has 0 aliphatic carbocycles. The van der Waals surface area contributed by atoms with Crippen molar-refractivity contribution in [2.45, 2.75) is 12.6 Å². The number of piperazine rings is 1. The van der Waals surface area contributed by atoms with Gasteiger partial charge in [0.1, 0.15) is 11.5 Å². The van der Waals surface area contributed by atoms with Gasteiger partial charge >= 0.3 is 0 Å². The smallest absolute Gasteiger partial charge is 0.225 e. The van der Waals surface area contributed by atoms with E-state index in [1.807, 2.05) is 12.3 Å². The number of likely N-dealkylation sites (tertiary alicyclic amines) is 1. The number of pyridine rings is 1. The number of hydrogen-bond donors (Lipinski definition) is 0. The second-order valence-corrected chi connectivity index (χ2v) is 7.26. The van der Waals surface area contributed by atoms with Gasteiger partial charge < -0.3 is 9.30 Å². The first kappa shape index (κ1) is 16.6. The standard InChI is InChI=1S/C19H22FN7/c20-15-2-3-18-23-16(12-27(18)10-15)11-24-13-17(14-24)25-6-8-26(9-7-25)19-21-4-1-5-22-19/h1-5,10,12,17H,6-9,11,13-14H2. The molecule has 0 atom stereocenters. The highest BCUT2D eigenvalue weighted by Gasteiger charge is 2.34. The minimum Gasteiger partial charge on any atom is -0.338 e. The van der Waals surface area contributed by atoms with Crippen LogP contribution >= 0.6 is 0 Å². The number of rotatable bonds is 4. The summed E-state index contributed by atoms with van der Waals surface area (Å²) < 4.78 is 15.1. The third-order valence-electron chi connectivity index (χ3n) is 5.45. The predicted octanol–water partition coefficient (Wildman–Crippen LogP) is 1.27. The lowest BCUT2D eigenvalue weighted by Gasteiger charge is -2.48. The van der Waals surface area contributed by atoms with Gasteiger partial charge in [-0.2, -0.15) is 0 Å². The van der Waals surface area contributed by atoms with E-state index in [-0.39, 0.29) is 5.82 Å². The molecule has 2 aliphatic rings. The van der Waals surface area contributed by atoms with Crippen LogP contribution in [-0.2, 0) is 6.54 Å². The second kappa shape index (κ2) is 6.86. The molecule has 140 valence electrons. The molecule has 27 heavy (non-hydrogen) atoms. The highest BCUT2D eigenvalue weighted by molar-refractivity contribution is 5.39. The van der Waals surface area contributed by atoms with Gasteiger partial charge in [0, 0.05) is 76.6 Å². The van der Waals surface area contributed by atoms with Crippen LogP contribution in [0.3, 0.4) is 0 Å². The Hall–Kier alpha value is -2.58. The number of imidazole rings is 1. The molecule has 0 bridgehead atoms. The van der Waals surface area contributed by atoms with E-state index in [1.54, 1.807) is 22.9 Å². The van der Waals surface area contributed by atoms with Crippen LogP contribution < -0.4 is 4.90 Å². The Morgan fingerprint density at radius 1 is 1.00 bits per heavy atom. The van der Waals surface area contributed by atoms with Gasteiger partial charge in [0.05, 0.1) is 5.69 Å². The summed E-state index contributed by atoms with van der Waals surface area (Å²) in [6.45, 7) is 6.97. The van der Waals surface area contributed by atoms with Crippen molar-refractivity contribution in [3.8, 4) is 0 Å². The van der Waals surface area contributed by atoms with Gasteiger partial charge in [0.25, 0.3) is 0 Å². The van der Waals surface area contributed by atoms with Gasteiger partial charge in [0.2, 0.25) is 5.95 Å². The molecule has 0 aromatic carbocycles. The molecule has 0 amide bonds. The van der Waals surface area contributed by atoms with E-state index >= 15 is 0 Å². The maximum atomic E-state index is 13.3. The summed E-state index contributed by atoms with van der Waals surface area (Å²) in [6.07, 6.45) is 6.99. The van der Waals surface area contributed by atoms with Crippen LogP contribution in [0.25, 0.3) is 5.65 Å². The molecule has 2 saturated heterocycles. The van der Waals surface area contributed by atoms with Crippen molar-refractivity contribution < 1.29 is 4.39 Å². The lowest BCUT2D eigenvalue weighted by atomic mass is 10.1. The van der Waals surface area contributed by atoms with E-state index in [1.165, 1.54) is 12.3 Å². The number of hydrogen-bond acceptors (Lipinski definition) is 6. The van der Waals surface area contributed by atoms with Crippen LogP contribution in [0, 0.1) is 5.82 Å². The van der Waals surface area contributed by atoms with Crippen LogP contribution in [0.1, 0.15) is 5.69 Å². The average molecular weight is 367 g/mol. The summed E-state index contributed by atoms with van der Waals surface area (Å²) in [7, 11) is 0. The highest BCUT2D eigenvalue weighted by Crippen LogP contribution is 2.20. The van der Waals surface area contributed by atoms with E-state index in [0.717, 1.165) is 63.1 Å². The lowest BCUT2D eigenvalue weighted by molar-refractivity contribution is 0.0248. The third-order valence-corrected chi connectivity index (χ3v) is 5.45. The highest BCUT2D eigenvalue weighted by atomic mass is 19.1. The minimum absolute atomic E-state index is 0.240. The molecule has 5 heterocycles. The van der Waals surface area contributed by atoms with Crippen LogP contribution in [-0.4, -0.2) is 74.5 Å². The van der Waals surface area contributed by atoms with E-state index in [9.17, 15) is 4.39 Å². The van der Waals surface area contributed by atoms with Crippen LogP contribution in [0.5, 0.6) is 0 Å². The van der Waals surface area contributed by atoms with Crippen molar-refractivity contribution in [2.75, 3.05) is 44.2 Å². The molecule has 3 aromatic heterocycles. The Balaban J connectivity index is 1.12. The maximum absolute atomic E-state index is 13.3. The zero-order valence-corrected chi connectivity index (χ0v) is 15.1. The molecule has 0 unspecified atom stereocenters. The minimum atomic E-state index is -0.240. The Morgan fingerprint density at radius 2 is 1.78 bits per heavy atom. The fourth-order valence-electron chi connectivity index (χ4n) is 3.97. The number of fused-ring (bicyclic) bond motifs is 1. The van der Waals surface area contributed by atoms with E-state index in [4.69, 9.17) is 0 Å². The summed E-state index contributed by atoms with van der Waals surface area (Å²) >= 11 is 0. The number of aromatic nitrogens is 4. The van der Waals surface area contributed by atoms with Crippen molar-refractivity contribution in [3.05, 3.63) is 54.5 Å². The molecular formula is C19H22FN7. The van der Waals surface area contributed by atoms with Gasteiger partial charge in [-0.05, 0) is 18.2 Å². The Morgan fingerprint density at radius 3 is 2.56 bits per heavy atom. The van der Waals surface area contributed by atoms with Crippen molar-refractivity contribution in [1.82, 2.24) is 29.2 Å². The molecule has 0 saturated carbocycles. The van der Waals surface area contributed by atoms with E-state index in [0.29, 0.717) is 6.04 Å². The number of halogens is 1. The first-order chi connectivity index (χ1) is 13.2. The van der Waals surface area contributed by atoms with Gasteiger partial charge in [-0.1, -0.05) is 0 Å². The zero-order valence-electron chi connectivity index (χ0n) is 15.1. The summed E-state index contributed by atoms with van der Waals surface area (Å²) in [6, 6.07) is 5.63. The van der Waals surface area contributed by atoms with Gasteiger partial charge in [-0.15, -0.1) is 0 Å². The molecule has 3 aromatic rings. The van der Waals surface area contributed by atoms with Crippen LogP contribution in [0.2, 0.25) is 0 Å². The first-order valence-electron chi connectivity index (χ1n) is 9.36. The molecule has 5 rings (SSSR count). The fraction of sp³-hybridized carbons (Fsp3) is 0.421. The summed E-state index contributed by atoms with van der Waals surface area (Å²) in [5.41, 5.74) is 1.79. The Kier molecular flexibility index (Phi) is 4.21. The largest absolute Gasteiger partial charge is 0.338 e. The van der Waals surface area contributed by atoms with Gasteiger partial charge in [-0.25, -0.2) is 19.3 Å². The van der Waals surface area contributed by atoms with Gasteiger partial charge in [-0.3, -0.25) is 9.80 Å². The summed E-state index contributed by atoms with van der Waals surface area (Å²) in [5.74, 6) is 0.589. The van der Waals surface area contributed by atoms with Crippen molar-refractivity contribution in [2.24, 2.45) is 0 Å². The monoisotopic (exact) mass is 367 g/mol. The van der Waals surface area contributed by atoms with E-state index < -0.39 is 0 Å². The Bertz CT molecular complexity index is 914. The lowest BCUT2D eigenvalue weighted by Crippen LogP contribution is -2.62. The van der Waals surface area contributed by atoms with Crippen LogP contribution in [0.4, 0.5) is 10.3 Å². The quantitative estimate of drug-likeness (QED) is 0.692. The summed E-state index contributed by atoms with van der Waals surface area (Å²) in [5, 5.41) is 0. The molecule has 0 spiro atoms. The maximum Gasteiger partial charge on any atom is 0.225 e. The van der Waals surface area contributed by atoms with E-state index in [2.05, 4.69) is 29.7 Å². The molecule has 0 radical (unpaired) electrons. The predicted molar refractivity (Wildman–Crippen MR) is 100 cm³/mol. The topological polar surface area (TPSA) is 52.8 Å². The number of anilines is 1. The van der Waals surface area contributed by atoms with Crippen LogP contribution in [0.15, 0.2) is 43.0 Å². The normalized spacial score (nSPS) is 19.5. The fourth-order valence-corrected chi connectivity index (χ4v) is 3.97. The Labute approximate surface area is 157 Å². The summed E-state index contributed by atoms with van der Waals surface area (Å²) in [4.78, 5) is 20.5. The van der Waals surface area contributed by atoms with Crippen molar-refractivity contribution in [3.63, 3.8) is 0 Å². The van der Waals surface area contributed by atoms with Crippen molar-refractivity contribution in [1.29, 1.82) is 0 Å². The third kappa shape index (κ3) is 3.38. The SMILES string of the molecule is Fc1ccc2nc(CN3CC(N4CCN(c5ncccn5)CC4)C3)cn2c1. The molecule has 2 fully saturated rings. The van der Waals surface area contributed by atoms with Gasteiger partial charge in [0.15, 0.2) is 0 Å². The molecule has 7 nitrogen and oxygen atoms in total. The average Bonchev–Trinajstić information content (AvgIpc) is 3.07. The molecule has 0 N–H and O–H groups in total. The molecule has 2 aliphatic heterocycles. The number of nitrogens with zero attached hydrogens (tertiary/aromatic N) is 7. The first-order valence-corrected chi connectivity index (χ1v) is 9.36. The molecule has 8 heteroatoms. The van der Waals surface area contributed by atoms with Crippen molar-refractivity contribution >= 4 is 11.6 Å².